The Morgan fingerprint density at radius 1 is 1.38 bits per heavy atom. The minimum atomic E-state index is -0.00278. The molecule has 0 radical (unpaired) electrons. The quantitative estimate of drug-likeness (QED) is 0.847. The fourth-order valence-corrected chi connectivity index (χ4v) is 4.31. The molecule has 6 heteroatoms. The van der Waals surface area contributed by atoms with Gasteiger partial charge < -0.3 is 15.5 Å². The van der Waals surface area contributed by atoms with Crippen molar-refractivity contribution in [3.63, 3.8) is 0 Å². The first-order valence-electron chi connectivity index (χ1n) is 9.16. The predicted octanol–water partition coefficient (Wildman–Crippen LogP) is 1.10. The molecule has 1 aromatic rings. The minimum absolute atomic E-state index is 0.00278. The number of aryl methyl sites for hydroxylation is 1. The molecule has 0 unspecified atom stereocenters. The van der Waals surface area contributed by atoms with Crippen molar-refractivity contribution in [1.82, 2.24) is 25.3 Å². The van der Waals surface area contributed by atoms with E-state index in [-0.39, 0.29) is 23.3 Å². The standard InChI is InChI=1S/C18H31N5O/c1-22(2)18(7-5-4-6-8-18)13-20-17(24)16-11-19-10-15(16)14-9-21-23(3)12-14/h9,12,15-16,19H,4-8,10-11,13H2,1-3H3,(H,20,24)/t15-,16+/m1/s1. The zero-order valence-electron chi connectivity index (χ0n) is 15.2. The fourth-order valence-electron chi connectivity index (χ4n) is 4.31. The van der Waals surface area contributed by atoms with Gasteiger partial charge in [0.15, 0.2) is 0 Å². The molecule has 134 valence electrons. The van der Waals surface area contributed by atoms with Crippen molar-refractivity contribution in [2.24, 2.45) is 13.0 Å². The molecule has 0 aromatic carbocycles. The van der Waals surface area contributed by atoms with Crippen molar-refractivity contribution in [1.29, 1.82) is 0 Å². The first-order valence-corrected chi connectivity index (χ1v) is 9.16. The Morgan fingerprint density at radius 2 is 2.12 bits per heavy atom. The number of aromatic nitrogens is 2. The Balaban J connectivity index is 1.63. The summed E-state index contributed by atoms with van der Waals surface area (Å²) in [5.41, 5.74) is 1.28. The highest BCUT2D eigenvalue weighted by Crippen LogP contribution is 2.32. The second kappa shape index (κ2) is 7.23. The van der Waals surface area contributed by atoms with Crippen LogP contribution >= 0.6 is 0 Å². The smallest absolute Gasteiger partial charge is 0.225 e. The zero-order chi connectivity index (χ0) is 17.2. The molecule has 1 saturated carbocycles. The van der Waals surface area contributed by atoms with E-state index in [4.69, 9.17) is 0 Å². The summed E-state index contributed by atoms with van der Waals surface area (Å²) in [4.78, 5) is 15.2. The summed E-state index contributed by atoms with van der Waals surface area (Å²) < 4.78 is 1.81. The first kappa shape index (κ1) is 17.4. The Morgan fingerprint density at radius 3 is 2.75 bits per heavy atom. The molecule has 2 heterocycles. The van der Waals surface area contributed by atoms with Crippen LogP contribution in [0.4, 0.5) is 0 Å². The number of hydrogen-bond donors (Lipinski definition) is 2. The van der Waals surface area contributed by atoms with E-state index in [2.05, 4.69) is 34.7 Å². The molecule has 6 nitrogen and oxygen atoms in total. The summed E-state index contributed by atoms with van der Waals surface area (Å²) in [5.74, 6) is 0.401. The van der Waals surface area contributed by atoms with Crippen molar-refractivity contribution < 1.29 is 4.79 Å². The third-order valence-corrected chi connectivity index (χ3v) is 6.03. The van der Waals surface area contributed by atoms with Gasteiger partial charge in [0.1, 0.15) is 0 Å². The molecular formula is C18H31N5O. The zero-order valence-corrected chi connectivity index (χ0v) is 15.2. The lowest BCUT2D eigenvalue weighted by Crippen LogP contribution is -2.54. The average Bonchev–Trinajstić information content (AvgIpc) is 3.22. The van der Waals surface area contributed by atoms with Crippen LogP contribution in [0.2, 0.25) is 0 Å². The van der Waals surface area contributed by atoms with Crippen LogP contribution < -0.4 is 10.6 Å². The van der Waals surface area contributed by atoms with E-state index in [1.54, 1.807) is 0 Å². The molecule has 0 spiro atoms. The van der Waals surface area contributed by atoms with Crippen molar-refractivity contribution in [3.05, 3.63) is 18.0 Å². The van der Waals surface area contributed by atoms with Gasteiger partial charge in [0, 0.05) is 44.3 Å². The van der Waals surface area contributed by atoms with Crippen LogP contribution in [0.1, 0.15) is 43.6 Å². The van der Waals surface area contributed by atoms with Crippen LogP contribution in [0.5, 0.6) is 0 Å². The van der Waals surface area contributed by atoms with Gasteiger partial charge in [0.05, 0.1) is 12.1 Å². The second-order valence-corrected chi connectivity index (χ2v) is 7.72. The van der Waals surface area contributed by atoms with Gasteiger partial charge in [0.25, 0.3) is 0 Å². The number of amides is 1. The van der Waals surface area contributed by atoms with Gasteiger partial charge in [-0.2, -0.15) is 5.10 Å². The number of carbonyl (C=O) groups is 1. The average molecular weight is 333 g/mol. The van der Waals surface area contributed by atoms with E-state index in [9.17, 15) is 4.79 Å². The van der Waals surface area contributed by atoms with Crippen molar-refractivity contribution in [2.75, 3.05) is 33.7 Å². The lowest BCUT2D eigenvalue weighted by molar-refractivity contribution is -0.125. The lowest BCUT2D eigenvalue weighted by atomic mass is 9.80. The van der Waals surface area contributed by atoms with E-state index < -0.39 is 0 Å². The number of carbonyl (C=O) groups excluding carboxylic acids is 1. The number of likely N-dealkylation sites (N-methyl/N-ethyl adjacent to an activating group) is 1. The summed E-state index contributed by atoms with van der Waals surface area (Å²) in [6, 6.07) is 0. The molecule has 1 saturated heterocycles. The van der Waals surface area contributed by atoms with Gasteiger partial charge in [0.2, 0.25) is 5.91 Å². The Hall–Kier alpha value is -1.40. The molecule has 1 aliphatic carbocycles. The van der Waals surface area contributed by atoms with Crippen LogP contribution in [-0.2, 0) is 11.8 Å². The van der Waals surface area contributed by atoms with Crippen LogP contribution in [0.15, 0.2) is 12.4 Å². The van der Waals surface area contributed by atoms with E-state index in [0.29, 0.717) is 0 Å². The molecule has 2 fully saturated rings. The van der Waals surface area contributed by atoms with Crippen molar-refractivity contribution >= 4 is 5.91 Å². The van der Waals surface area contributed by atoms with Crippen LogP contribution in [0, 0.1) is 5.92 Å². The molecule has 2 N–H and O–H groups in total. The summed E-state index contributed by atoms with van der Waals surface area (Å²) >= 11 is 0. The van der Waals surface area contributed by atoms with E-state index in [1.807, 2.05) is 24.1 Å². The predicted molar refractivity (Wildman–Crippen MR) is 94.8 cm³/mol. The summed E-state index contributed by atoms with van der Waals surface area (Å²) in [5, 5.41) is 10.9. The minimum Gasteiger partial charge on any atom is -0.354 e. The van der Waals surface area contributed by atoms with Gasteiger partial charge in [-0.15, -0.1) is 0 Å². The van der Waals surface area contributed by atoms with Crippen molar-refractivity contribution in [2.45, 2.75) is 43.6 Å². The number of rotatable bonds is 5. The molecule has 1 aromatic heterocycles. The van der Waals surface area contributed by atoms with Gasteiger partial charge in [-0.1, -0.05) is 19.3 Å². The molecule has 2 aliphatic rings. The molecule has 24 heavy (non-hydrogen) atoms. The highest BCUT2D eigenvalue weighted by Gasteiger charge is 2.38. The molecule has 0 bridgehead atoms. The fraction of sp³-hybridized carbons (Fsp3) is 0.778. The second-order valence-electron chi connectivity index (χ2n) is 7.72. The number of nitrogens with one attached hydrogen (secondary N) is 2. The molecule has 1 amide bonds. The van der Waals surface area contributed by atoms with Crippen LogP contribution in [-0.4, -0.2) is 59.9 Å². The Kier molecular flexibility index (Phi) is 5.25. The van der Waals surface area contributed by atoms with E-state index in [0.717, 1.165) is 25.2 Å². The Bertz CT molecular complexity index is 562. The summed E-state index contributed by atoms with van der Waals surface area (Å²) in [7, 11) is 6.21. The SMILES string of the molecule is CN(C)C1(CNC(=O)[C@H]2CNC[C@@H]2c2cnn(C)c2)CCCCC1. The maximum Gasteiger partial charge on any atom is 0.225 e. The monoisotopic (exact) mass is 333 g/mol. The molecule has 1 aliphatic heterocycles. The highest BCUT2D eigenvalue weighted by molar-refractivity contribution is 5.80. The third kappa shape index (κ3) is 3.49. The largest absolute Gasteiger partial charge is 0.354 e. The number of hydrogen-bond acceptors (Lipinski definition) is 4. The van der Waals surface area contributed by atoms with Crippen LogP contribution in [0.25, 0.3) is 0 Å². The summed E-state index contributed by atoms with van der Waals surface area (Å²) in [6.45, 7) is 2.36. The van der Waals surface area contributed by atoms with Gasteiger partial charge in [-0.25, -0.2) is 0 Å². The highest BCUT2D eigenvalue weighted by atomic mass is 16.2. The van der Waals surface area contributed by atoms with Gasteiger partial charge in [-0.3, -0.25) is 9.48 Å². The first-order chi connectivity index (χ1) is 11.5. The van der Waals surface area contributed by atoms with Gasteiger partial charge >= 0.3 is 0 Å². The number of nitrogens with zero attached hydrogens (tertiary/aromatic N) is 3. The van der Waals surface area contributed by atoms with E-state index >= 15 is 0 Å². The normalized spacial score (nSPS) is 26.7. The Labute approximate surface area is 145 Å². The molecule has 2 atom stereocenters. The molecular weight excluding hydrogens is 302 g/mol. The maximum atomic E-state index is 12.8. The van der Waals surface area contributed by atoms with E-state index in [1.165, 1.54) is 32.1 Å². The van der Waals surface area contributed by atoms with Gasteiger partial charge in [-0.05, 0) is 32.5 Å². The van der Waals surface area contributed by atoms with Crippen LogP contribution in [0.3, 0.4) is 0 Å². The summed E-state index contributed by atoms with van der Waals surface area (Å²) in [6.07, 6.45) is 10.1. The lowest BCUT2D eigenvalue weighted by Gasteiger charge is -2.43. The topological polar surface area (TPSA) is 62.2 Å². The van der Waals surface area contributed by atoms with Crippen molar-refractivity contribution in [3.8, 4) is 0 Å². The maximum absolute atomic E-state index is 12.8. The third-order valence-electron chi connectivity index (χ3n) is 6.03. The molecule has 3 rings (SSSR count).